The standard InChI is InChI=1S/C19H16O3/c1-12-7-9-13(10-8-12)18-15-6-4-3-5-14(15)17(20)11-16(18)19(21)22-2/h3-11,20H,1-2H3. The summed E-state index contributed by atoms with van der Waals surface area (Å²) in [5, 5.41) is 11.7. The lowest BCUT2D eigenvalue weighted by atomic mass is 9.92. The van der Waals surface area contributed by atoms with Gasteiger partial charge in [0.05, 0.1) is 12.7 Å². The van der Waals surface area contributed by atoms with Crippen molar-refractivity contribution in [3.63, 3.8) is 0 Å². The molecule has 0 aliphatic rings. The van der Waals surface area contributed by atoms with E-state index in [-0.39, 0.29) is 5.75 Å². The van der Waals surface area contributed by atoms with Crippen LogP contribution in [0.25, 0.3) is 21.9 Å². The average Bonchev–Trinajstić information content (AvgIpc) is 2.55. The molecule has 22 heavy (non-hydrogen) atoms. The topological polar surface area (TPSA) is 46.5 Å². The monoisotopic (exact) mass is 292 g/mol. The maximum Gasteiger partial charge on any atom is 0.338 e. The molecule has 0 spiro atoms. The molecule has 0 aromatic heterocycles. The van der Waals surface area contributed by atoms with Gasteiger partial charge in [-0.25, -0.2) is 4.79 Å². The van der Waals surface area contributed by atoms with Gasteiger partial charge in [0.15, 0.2) is 0 Å². The van der Waals surface area contributed by atoms with Gasteiger partial charge in [0.1, 0.15) is 5.75 Å². The van der Waals surface area contributed by atoms with Crippen LogP contribution in [0.3, 0.4) is 0 Å². The van der Waals surface area contributed by atoms with Crippen molar-refractivity contribution in [2.24, 2.45) is 0 Å². The zero-order valence-electron chi connectivity index (χ0n) is 12.5. The second kappa shape index (κ2) is 5.53. The predicted octanol–water partition coefficient (Wildman–Crippen LogP) is 4.31. The molecule has 0 fully saturated rings. The van der Waals surface area contributed by atoms with Gasteiger partial charge in [-0.2, -0.15) is 0 Å². The van der Waals surface area contributed by atoms with Gasteiger partial charge in [-0.15, -0.1) is 0 Å². The molecule has 110 valence electrons. The Morgan fingerprint density at radius 2 is 1.64 bits per heavy atom. The molecule has 0 aliphatic heterocycles. The number of rotatable bonds is 2. The van der Waals surface area contributed by atoms with Gasteiger partial charge in [0.2, 0.25) is 0 Å². The SMILES string of the molecule is COC(=O)c1cc(O)c2ccccc2c1-c1ccc(C)cc1. The minimum absolute atomic E-state index is 0.0758. The van der Waals surface area contributed by atoms with Crippen LogP contribution in [-0.4, -0.2) is 18.2 Å². The van der Waals surface area contributed by atoms with Crippen molar-refractivity contribution in [3.05, 3.63) is 65.7 Å². The molecular weight excluding hydrogens is 276 g/mol. The van der Waals surface area contributed by atoms with Gasteiger partial charge in [-0.1, -0.05) is 54.1 Å². The maximum absolute atomic E-state index is 12.1. The van der Waals surface area contributed by atoms with E-state index in [1.807, 2.05) is 55.5 Å². The Labute approximate surface area is 128 Å². The molecule has 0 amide bonds. The number of aryl methyl sites for hydroxylation is 1. The molecule has 0 aliphatic carbocycles. The minimum atomic E-state index is -0.461. The van der Waals surface area contributed by atoms with Crippen LogP contribution in [0.2, 0.25) is 0 Å². The number of carbonyl (C=O) groups is 1. The fourth-order valence-corrected chi connectivity index (χ4v) is 2.66. The Bertz CT molecular complexity index is 848. The molecule has 0 radical (unpaired) electrons. The van der Waals surface area contributed by atoms with Crippen LogP contribution in [0.15, 0.2) is 54.6 Å². The van der Waals surface area contributed by atoms with E-state index in [0.29, 0.717) is 10.9 Å². The molecule has 3 aromatic rings. The molecule has 0 saturated carbocycles. The molecule has 0 unspecified atom stereocenters. The van der Waals surface area contributed by atoms with Crippen LogP contribution in [0.1, 0.15) is 15.9 Å². The molecule has 3 aromatic carbocycles. The zero-order chi connectivity index (χ0) is 15.7. The quantitative estimate of drug-likeness (QED) is 0.716. The van der Waals surface area contributed by atoms with E-state index in [9.17, 15) is 9.90 Å². The predicted molar refractivity (Wildman–Crippen MR) is 87.1 cm³/mol. The molecule has 0 atom stereocenters. The van der Waals surface area contributed by atoms with Crippen LogP contribution in [-0.2, 0) is 4.74 Å². The first kappa shape index (κ1) is 14.1. The smallest absolute Gasteiger partial charge is 0.338 e. The van der Waals surface area contributed by atoms with Crippen molar-refractivity contribution < 1.29 is 14.6 Å². The number of ether oxygens (including phenoxy) is 1. The summed E-state index contributed by atoms with van der Waals surface area (Å²) < 4.78 is 4.88. The van der Waals surface area contributed by atoms with Crippen molar-refractivity contribution in [2.75, 3.05) is 7.11 Å². The Morgan fingerprint density at radius 3 is 2.27 bits per heavy atom. The molecule has 0 saturated heterocycles. The van der Waals surface area contributed by atoms with Gasteiger partial charge >= 0.3 is 5.97 Å². The lowest BCUT2D eigenvalue weighted by molar-refractivity contribution is 0.0601. The molecule has 0 bridgehead atoms. The van der Waals surface area contributed by atoms with Gasteiger partial charge in [-0.05, 0) is 23.9 Å². The van der Waals surface area contributed by atoms with Crippen molar-refractivity contribution in [1.82, 2.24) is 0 Å². The first-order valence-electron chi connectivity index (χ1n) is 7.02. The van der Waals surface area contributed by atoms with E-state index in [1.165, 1.54) is 13.2 Å². The molecule has 3 nitrogen and oxygen atoms in total. The summed E-state index contributed by atoms with van der Waals surface area (Å²) in [6, 6.07) is 16.9. The number of hydrogen-bond acceptors (Lipinski definition) is 3. The van der Waals surface area contributed by atoms with Crippen molar-refractivity contribution >= 4 is 16.7 Å². The second-order valence-electron chi connectivity index (χ2n) is 5.22. The number of carbonyl (C=O) groups excluding carboxylic acids is 1. The Morgan fingerprint density at radius 1 is 1.00 bits per heavy atom. The Kier molecular flexibility index (Phi) is 3.55. The van der Waals surface area contributed by atoms with Crippen molar-refractivity contribution in [2.45, 2.75) is 6.92 Å². The first-order chi connectivity index (χ1) is 10.6. The van der Waals surface area contributed by atoms with Crippen LogP contribution in [0.5, 0.6) is 5.75 Å². The number of methoxy groups -OCH3 is 1. The highest BCUT2D eigenvalue weighted by Crippen LogP contribution is 2.37. The number of phenols is 1. The molecule has 1 N–H and O–H groups in total. The van der Waals surface area contributed by atoms with Crippen LogP contribution in [0, 0.1) is 6.92 Å². The summed E-state index contributed by atoms with van der Waals surface area (Å²) in [4.78, 5) is 12.1. The van der Waals surface area contributed by atoms with E-state index in [4.69, 9.17) is 4.74 Å². The summed E-state index contributed by atoms with van der Waals surface area (Å²) in [5.41, 5.74) is 3.21. The van der Waals surface area contributed by atoms with Crippen molar-refractivity contribution in [3.8, 4) is 16.9 Å². The number of esters is 1. The lowest BCUT2D eigenvalue weighted by Crippen LogP contribution is -2.04. The average molecular weight is 292 g/mol. The Balaban J connectivity index is 2.40. The van der Waals surface area contributed by atoms with Crippen LogP contribution >= 0.6 is 0 Å². The third-order valence-corrected chi connectivity index (χ3v) is 3.77. The highest BCUT2D eigenvalue weighted by Gasteiger charge is 2.18. The minimum Gasteiger partial charge on any atom is -0.507 e. The third kappa shape index (κ3) is 2.31. The highest BCUT2D eigenvalue weighted by molar-refractivity contribution is 6.10. The van der Waals surface area contributed by atoms with Crippen molar-refractivity contribution in [1.29, 1.82) is 0 Å². The normalized spacial score (nSPS) is 10.6. The lowest BCUT2D eigenvalue weighted by Gasteiger charge is -2.14. The number of benzene rings is 3. The maximum atomic E-state index is 12.1. The molecule has 3 heteroatoms. The van der Waals surface area contributed by atoms with Gasteiger partial charge in [-0.3, -0.25) is 0 Å². The highest BCUT2D eigenvalue weighted by atomic mass is 16.5. The molecule has 3 rings (SSSR count). The fraction of sp³-hybridized carbons (Fsp3) is 0.105. The van der Waals surface area contributed by atoms with Gasteiger partial charge in [0, 0.05) is 10.9 Å². The molecule has 0 heterocycles. The summed E-state index contributed by atoms with van der Waals surface area (Å²) >= 11 is 0. The summed E-state index contributed by atoms with van der Waals surface area (Å²) in [6.45, 7) is 2.01. The second-order valence-corrected chi connectivity index (χ2v) is 5.22. The van der Waals surface area contributed by atoms with E-state index in [2.05, 4.69) is 0 Å². The summed E-state index contributed by atoms with van der Waals surface area (Å²) in [6.07, 6.45) is 0. The number of hydrogen-bond donors (Lipinski definition) is 1. The largest absolute Gasteiger partial charge is 0.507 e. The summed E-state index contributed by atoms with van der Waals surface area (Å²) in [7, 11) is 1.34. The molecular formula is C19H16O3. The van der Waals surface area contributed by atoms with Gasteiger partial charge < -0.3 is 9.84 Å². The van der Waals surface area contributed by atoms with Gasteiger partial charge in [0.25, 0.3) is 0 Å². The van der Waals surface area contributed by atoms with E-state index in [0.717, 1.165) is 22.1 Å². The zero-order valence-corrected chi connectivity index (χ0v) is 12.5. The third-order valence-electron chi connectivity index (χ3n) is 3.77. The number of phenolic OH excluding ortho intramolecular Hbond substituents is 1. The Hall–Kier alpha value is -2.81. The first-order valence-corrected chi connectivity index (χ1v) is 7.02. The number of aromatic hydroxyl groups is 1. The van der Waals surface area contributed by atoms with E-state index < -0.39 is 5.97 Å². The van der Waals surface area contributed by atoms with Crippen LogP contribution in [0.4, 0.5) is 0 Å². The summed E-state index contributed by atoms with van der Waals surface area (Å²) in [5.74, 6) is -0.386. The van der Waals surface area contributed by atoms with E-state index >= 15 is 0 Å². The number of fused-ring (bicyclic) bond motifs is 1. The van der Waals surface area contributed by atoms with E-state index in [1.54, 1.807) is 0 Å². The van der Waals surface area contributed by atoms with Crippen LogP contribution < -0.4 is 0 Å². The fourth-order valence-electron chi connectivity index (χ4n) is 2.66.